The van der Waals surface area contributed by atoms with Crippen molar-refractivity contribution in [2.75, 3.05) is 29.4 Å². The predicted molar refractivity (Wildman–Crippen MR) is 419 cm³/mol. The second-order valence-electron chi connectivity index (χ2n) is 30.7. The van der Waals surface area contributed by atoms with Crippen LogP contribution in [0.5, 0.6) is 0 Å². The average Bonchev–Trinajstić information content (AvgIpc) is 1.57. The highest BCUT2D eigenvalue weighted by Gasteiger charge is 2.46. The lowest BCUT2D eigenvalue weighted by atomic mass is 9.97. The van der Waals surface area contributed by atoms with E-state index in [1.165, 1.54) is 12.1 Å². The molecule has 0 aliphatic carbocycles. The molecule has 2 aliphatic rings. The fourth-order valence-electron chi connectivity index (χ4n) is 12.7. The minimum absolute atomic E-state index is 0. The Morgan fingerprint density at radius 2 is 0.880 bits per heavy atom. The summed E-state index contributed by atoms with van der Waals surface area (Å²) in [5.41, 5.74) is 7.59. The molecule has 0 bridgehead atoms. The number of urea groups is 2. The molecule has 4 heterocycles. The van der Waals surface area contributed by atoms with E-state index in [1.54, 1.807) is 23.2 Å². The van der Waals surface area contributed by atoms with E-state index in [4.69, 9.17) is 42.9 Å². The Balaban J connectivity index is 0.000000307. The minimum atomic E-state index is -4.45. The van der Waals surface area contributed by atoms with Gasteiger partial charge in [-0.05, 0) is 166 Å². The first-order chi connectivity index (χ1) is 49.7. The smallest absolute Gasteiger partial charge is 0.400 e. The lowest BCUT2D eigenvalue weighted by molar-refractivity contribution is -0.138. The van der Waals surface area contributed by atoms with Crippen LogP contribution in [-0.2, 0) is 79.7 Å². The van der Waals surface area contributed by atoms with E-state index in [0.29, 0.717) is 89.4 Å². The molecule has 28 heteroatoms. The molecule has 5 N–H and O–H groups in total. The molecular formula is C80H104Cl2F10N10O4Si2. The quantitative estimate of drug-likeness (QED) is 0.0246. The summed E-state index contributed by atoms with van der Waals surface area (Å²) in [7, 11) is -2.77. The summed E-state index contributed by atoms with van der Waals surface area (Å²) in [4.78, 5) is 28.8. The van der Waals surface area contributed by atoms with Gasteiger partial charge < -0.3 is 30.8 Å². The number of fused-ring (bicyclic) bond motifs is 2. The van der Waals surface area contributed by atoms with Gasteiger partial charge in [0.05, 0.1) is 73.1 Å². The number of halogens is 12. The zero-order valence-corrected chi connectivity index (χ0v) is 67.9. The van der Waals surface area contributed by atoms with Crippen LogP contribution in [0.4, 0.5) is 64.9 Å². The van der Waals surface area contributed by atoms with Crippen LogP contribution in [0.2, 0.25) is 44.3 Å². The molecule has 0 radical (unpaired) electrons. The molecule has 6 aromatic carbocycles. The molecule has 0 saturated carbocycles. The van der Waals surface area contributed by atoms with Crippen LogP contribution in [0, 0.1) is 37.1 Å². The summed E-state index contributed by atoms with van der Waals surface area (Å²) in [5.74, 6) is -3.28. The number of anilines is 2. The number of aryl methyl sites for hydroxylation is 6. The Morgan fingerprint density at radius 3 is 1.18 bits per heavy atom. The molecule has 0 spiro atoms. The molecule has 2 aliphatic heterocycles. The summed E-state index contributed by atoms with van der Waals surface area (Å²) < 4.78 is 154. The number of hydrogen-bond acceptors (Lipinski definition) is 8. The van der Waals surface area contributed by atoms with Crippen molar-refractivity contribution in [3.63, 3.8) is 0 Å². The SMILES string of the molecule is C.CCc1cccc(CC)c1-n1nc2c(c1-c1cc(F)c(NC(=O)NCO)cc1F)CN(Cc1ccc(C(F)(F)F)cc1C)C2(C)C.CCc1cccc(CC)c1-n1nc2c(c1-c1cc(F)c(NC(=O)NCO[Si](C)(C)C(C)(C)C)cc1F)CN(Cc1ccc(C(F)(F)F)cc1C)C2(C)C.C[Si](C)(C)C.ClCCl. The number of benzene rings is 6. The van der Waals surface area contributed by atoms with Crippen LogP contribution in [-0.4, -0.2) is 81.7 Å². The third kappa shape index (κ3) is 20.5. The minimum Gasteiger partial charge on any atom is -0.400 e. The number of alkyl halides is 8. The van der Waals surface area contributed by atoms with Gasteiger partial charge >= 0.3 is 24.4 Å². The number of amides is 4. The number of aliphatic hydroxyl groups is 1. The van der Waals surface area contributed by atoms with Gasteiger partial charge in [0.15, 0.2) is 8.32 Å². The lowest BCUT2D eigenvalue weighted by Crippen LogP contribution is -2.44. The van der Waals surface area contributed by atoms with E-state index < -0.39 is 98.7 Å². The van der Waals surface area contributed by atoms with Crippen molar-refractivity contribution >= 4 is 63.0 Å². The Hall–Kier alpha value is -7.57. The van der Waals surface area contributed by atoms with Gasteiger partial charge in [0.25, 0.3) is 0 Å². The van der Waals surface area contributed by atoms with Crippen molar-refractivity contribution < 1.29 is 63.0 Å². The Morgan fingerprint density at radius 1 is 0.546 bits per heavy atom. The zero-order valence-electron chi connectivity index (χ0n) is 64.4. The number of rotatable bonds is 18. The lowest BCUT2D eigenvalue weighted by Gasteiger charge is -2.36. The fraction of sp³-hybridized carbons (Fsp3) is 0.450. The monoisotopic (exact) mass is 1580 g/mol. The molecule has 4 amide bonds. The maximum absolute atomic E-state index is 16.4. The van der Waals surface area contributed by atoms with Crippen molar-refractivity contribution in [1.29, 1.82) is 0 Å². The number of aliphatic hydroxyl groups excluding tert-OH is 1. The summed E-state index contributed by atoms with van der Waals surface area (Å²) in [6.45, 7) is 39.2. The fourth-order valence-corrected chi connectivity index (χ4v) is 13.5. The Labute approximate surface area is 641 Å². The van der Waals surface area contributed by atoms with Gasteiger partial charge in [0, 0.05) is 68.6 Å². The highest BCUT2D eigenvalue weighted by molar-refractivity contribution is 6.74. The van der Waals surface area contributed by atoms with E-state index in [1.807, 2.05) is 105 Å². The summed E-state index contributed by atoms with van der Waals surface area (Å²) in [6, 6.07) is 21.6. The van der Waals surface area contributed by atoms with E-state index in [0.717, 1.165) is 87.7 Å². The predicted octanol–water partition coefficient (Wildman–Crippen LogP) is 22.2. The van der Waals surface area contributed by atoms with Crippen molar-refractivity contribution in [2.45, 2.75) is 217 Å². The number of nitrogens with zero attached hydrogens (tertiary/aromatic N) is 6. The molecule has 10 rings (SSSR count). The third-order valence-corrected chi connectivity index (χ3v) is 24.1. The third-order valence-electron chi connectivity index (χ3n) is 19.7. The summed E-state index contributed by atoms with van der Waals surface area (Å²) in [6.07, 6.45) is -6.24. The van der Waals surface area contributed by atoms with Gasteiger partial charge in [-0.2, -0.15) is 36.5 Å². The number of hydrogen-bond donors (Lipinski definition) is 5. The molecule has 0 atom stereocenters. The van der Waals surface area contributed by atoms with Crippen molar-refractivity contribution in [2.24, 2.45) is 0 Å². The van der Waals surface area contributed by atoms with Crippen LogP contribution < -0.4 is 21.3 Å². The molecule has 8 aromatic rings. The number of aromatic nitrogens is 4. The second kappa shape index (κ2) is 35.6. The van der Waals surface area contributed by atoms with E-state index in [9.17, 15) is 35.9 Å². The summed E-state index contributed by atoms with van der Waals surface area (Å²) >= 11 is 9.53. The standard InChI is InChI=1S/C40H50F5N5O2Si.C34H36F5N5O2.C4H12Si.CH2Cl2.CH4/c1-11-25-14-13-15-26(12-2)34(25)50-35(29-19-32(42)33(20-31(29)41)47-37(51)46-23-52-53(9,10)38(4,5)6)30-22-49(39(7,8)36(30)48-50)21-27-16-17-28(18-24(27)3)40(43,44)45;1-6-20-9-8-10-21(7-2)29(20)44-30(24-14-27(36)28(15-26(24)35)41-32(46)40-18-45)25-17-43(33(4,5)31(25)42-44)16-22-11-12-23(13-19(22)3)34(37,38)39;1-5(2,3)4;2-1-3;/h13-20H,11-12,21-23H2,1-10H3,(H2,46,47,51);8-15,45H,6-7,16-18H2,1-5H3,(H2,40,41,46);1-4H3;1H2;1H4. The maximum Gasteiger partial charge on any atom is 0.416 e. The van der Waals surface area contributed by atoms with E-state index in [2.05, 4.69) is 78.0 Å². The zero-order chi connectivity index (χ0) is 80.0. The molecule has 2 aromatic heterocycles. The van der Waals surface area contributed by atoms with Crippen LogP contribution in [0.1, 0.15) is 162 Å². The van der Waals surface area contributed by atoms with Gasteiger partial charge in [0.1, 0.15) is 36.7 Å². The first-order valence-electron chi connectivity index (χ1n) is 35.5. The average molecular weight is 1590 g/mol. The molecule has 0 fully saturated rings. The van der Waals surface area contributed by atoms with Gasteiger partial charge in [-0.3, -0.25) is 9.80 Å². The van der Waals surface area contributed by atoms with Crippen molar-refractivity contribution in [3.05, 3.63) is 198 Å². The van der Waals surface area contributed by atoms with Crippen LogP contribution >= 0.6 is 23.2 Å². The molecule has 14 nitrogen and oxygen atoms in total. The number of carbonyl (C=O) groups is 2. The highest BCUT2D eigenvalue weighted by atomic mass is 35.5. The molecule has 0 saturated heterocycles. The van der Waals surface area contributed by atoms with Gasteiger partial charge in [0.2, 0.25) is 0 Å². The van der Waals surface area contributed by atoms with Gasteiger partial charge in [-0.25, -0.2) is 36.5 Å². The second-order valence-corrected chi connectivity index (χ2v) is 42.4. The highest BCUT2D eigenvalue weighted by Crippen LogP contribution is 2.49. The maximum atomic E-state index is 16.4. The van der Waals surface area contributed by atoms with Crippen LogP contribution in [0.25, 0.3) is 33.9 Å². The number of para-hydroxylation sites is 2. The van der Waals surface area contributed by atoms with Gasteiger partial charge in [-0.15, -0.1) is 23.2 Å². The first kappa shape index (κ1) is 89.3. The van der Waals surface area contributed by atoms with Crippen LogP contribution in [0.3, 0.4) is 0 Å². The van der Waals surface area contributed by atoms with Gasteiger partial charge in [-0.1, -0.05) is 131 Å². The van der Waals surface area contributed by atoms with Crippen molar-refractivity contribution in [1.82, 2.24) is 40.0 Å². The Kier molecular flexibility index (Phi) is 29.5. The summed E-state index contributed by atoms with van der Waals surface area (Å²) in [5, 5.41) is 28.5. The van der Waals surface area contributed by atoms with E-state index >= 15 is 17.6 Å². The normalized spacial score (nSPS) is 14.1. The molecule has 108 heavy (non-hydrogen) atoms. The van der Waals surface area contributed by atoms with Crippen molar-refractivity contribution in [3.8, 4) is 33.9 Å². The molecular weight excluding hydrogens is 1480 g/mol. The Bertz CT molecular complexity index is 4460. The number of nitrogens with one attached hydrogen (secondary N) is 4. The largest absolute Gasteiger partial charge is 0.416 e. The topological polar surface area (TPSA) is 154 Å². The first-order valence-corrected chi connectivity index (χ1v) is 43.5. The number of carbonyl (C=O) groups excluding carboxylic acids is 2. The van der Waals surface area contributed by atoms with E-state index in [-0.39, 0.29) is 54.4 Å². The van der Waals surface area contributed by atoms with Crippen LogP contribution in [0.15, 0.2) is 97.1 Å². The molecule has 0 unspecified atom stereocenters. The molecule has 590 valence electrons.